The van der Waals surface area contributed by atoms with E-state index in [1.54, 1.807) is 24.3 Å². The topological polar surface area (TPSA) is 66.6 Å². The molecule has 2 aromatic rings. The van der Waals surface area contributed by atoms with Crippen molar-refractivity contribution < 1.29 is 18.7 Å². The number of carbonyl (C=O) groups is 1. The lowest BCUT2D eigenvalue weighted by molar-refractivity contribution is -0.132. The number of para-hydroxylation sites is 1. The number of hydrogen-bond acceptors (Lipinski definition) is 3. The smallest absolute Gasteiger partial charge is 0.268 e. The predicted molar refractivity (Wildman–Crippen MR) is 98.1 cm³/mol. The molecule has 6 heteroatoms. The highest BCUT2D eigenvalue weighted by molar-refractivity contribution is 6.09. The summed E-state index contributed by atoms with van der Waals surface area (Å²) < 4.78 is 28.3. The van der Waals surface area contributed by atoms with Crippen LogP contribution in [0, 0.1) is 17.6 Å². The quantitative estimate of drug-likeness (QED) is 0.870. The Labute approximate surface area is 156 Å². The van der Waals surface area contributed by atoms with Crippen molar-refractivity contribution in [1.82, 2.24) is 0 Å². The van der Waals surface area contributed by atoms with Gasteiger partial charge in [0.15, 0.2) is 17.2 Å². The van der Waals surface area contributed by atoms with Gasteiger partial charge in [0.25, 0.3) is 5.91 Å². The van der Waals surface area contributed by atoms with E-state index in [1.165, 1.54) is 17.0 Å². The van der Waals surface area contributed by atoms with Gasteiger partial charge < -0.3 is 15.7 Å². The number of halogens is 2. The highest BCUT2D eigenvalue weighted by Crippen LogP contribution is 2.46. The van der Waals surface area contributed by atoms with Crippen LogP contribution in [0.5, 0.6) is 0 Å². The van der Waals surface area contributed by atoms with Crippen LogP contribution in [0.15, 0.2) is 42.5 Å². The van der Waals surface area contributed by atoms with Crippen LogP contribution in [0.1, 0.15) is 36.8 Å². The second-order valence-corrected chi connectivity index (χ2v) is 7.53. The zero-order valence-electron chi connectivity index (χ0n) is 14.9. The average Bonchev–Trinajstić information content (AvgIpc) is 2.88. The molecule has 1 heterocycles. The molecule has 2 aliphatic rings. The standard InChI is InChI=1S/C21H22F2N2O2/c22-17-6-3-5-16(19(17)23)21(27)15-4-1-2-7-18(15)25(20(21)26)12-13-8-10-14(24)11-9-13/h1-7,13-14,27H,8-12,24H2. The zero-order chi connectivity index (χ0) is 19.2. The average molecular weight is 372 g/mol. The molecular weight excluding hydrogens is 350 g/mol. The van der Waals surface area contributed by atoms with Gasteiger partial charge in [-0.15, -0.1) is 0 Å². The molecule has 4 rings (SSSR count). The molecule has 0 spiro atoms. The number of aliphatic hydroxyl groups is 1. The summed E-state index contributed by atoms with van der Waals surface area (Å²) in [5.41, 5.74) is 4.21. The predicted octanol–water partition coefficient (Wildman–Crippen LogP) is 3.06. The summed E-state index contributed by atoms with van der Waals surface area (Å²) in [5, 5.41) is 11.3. The molecule has 4 nitrogen and oxygen atoms in total. The molecule has 0 radical (unpaired) electrons. The first-order valence-electron chi connectivity index (χ1n) is 9.27. The van der Waals surface area contributed by atoms with E-state index in [4.69, 9.17) is 5.73 Å². The van der Waals surface area contributed by atoms with Gasteiger partial charge in [-0.2, -0.15) is 0 Å². The lowest BCUT2D eigenvalue weighted by Gasteiger charge is -2.30. The van der Waals surface area contributed by atoms with Crippen molar-refractivity contribution in [2.24, 2.45) is 11.7 Å². The van der Waals surface area contributed by atoms with E-state index in [9.17, 15) is 18.7 Å². The monoisotopic (exact) mass is 372 g/mol. The number of nitrogens with two attached hydrogens (primary N) is 1. The maximum atomic E-state index is 14.5. The number of rotatable bonds is 3. The van der Waals surface area contributed by atoms with Gasteiger partial charge in [-0.05, 0) is 43.7 Å². The van der Waals surface area contributed by atoms with Crippen molar-refractivity contribution in [3.63, 3.8) is 0 Å². The van der Waals surface area contributed by atoms with Crippen molar-refractivity contribution in [3.8, 4) is 0 Å². The molecule has 1 saturated carbocycles. The highest BCUT2D eigenvalue weighted by Gasteiger charge is 2.52. The maximum Gasteiger partial charge on any atom is 0.268 e. The Bertz CT molecular complexity index is 880. The Hall–Kier alpha value is -2.31. The molecule has 1 unspecified atom stereocenters. The third-order valence-corrected chi connectivity index (χ3v) is 5.81. The normalized spacial score (nSPS) is 27.7. The molecule has 1 aliphatic carbocycles. The van der Waals surface area contributed by atoms with Crippen LogP contribution in [-0.4, -0.2) is 23.6 Å². The molecule has 1 aliphatic heterocycles. The molecule has 0 aromatic heterocycles. The van der Waals surface area contributed by atoms with Crippen molar-refractivity contribution in [2.45, 2.75) is 37.3 Å². The number of anilines is 1. The van der Waals surface area contributed by atoms with Crippen LogP contribution in [0.2, 0.25) is 0 Å². The van der Waals surface area contributed by atoms with Gasteiger partial charge in [0, 0.05) is 23.7 Å². The third-order valence-electron chi connectivity index (χ3n) is 5.81. The lowest BCUT2D eigenvalue weighted by atomic mass is 9.86. The first kappa shape index (κ1) is 18.1. The van der Waals surface area contributed by atoms with Crippen LogP contribution in [0.25, 0.3) is 0 Å². The van der Waals surface area contributed by atoms with Gasteiger partial charge in [-0.3, -0.25) is 4.79 Å². The number of nitrogens with zero attached hydrogens (tertiary/aromatic N) is 1. The minimum absolute atomic E-state index is 0.195. The van der Waals surface area contributed by atoms with Crippen molar-refractivity contribution in [3.05, 3.63) is 65.2 Å². The van der Waals surface area contributed by atoms with Gasteiger partial charge >= 0.3 is 0 Å². The molecule has 1 fully saturated rings. The Balaban J connectivity index is 1.74. The van der Waals surface area contributed by atoms with Crippen LogP contribution < -0.4 is 10.6 Å². The minimum Gasteiger partial charge on any atom is -0.372 e. The molecular formula is C21H22F2N2O2. The van der Waals surface area contributed by atoms with Crippen LogP contribution in [0.3, 0.4) is 0 Å². The summed E-state index contributed by atoms with van der Waals surface area (Å²) in [6.45, 7) is 0.432. The van der Waals surface area contributed by atoms with Crippen molar-refractivity contribution in [2.75, 3.05) is 11.4 Å². The summed E-state index contributed by atoms with van der Waals surface area (Å²) in [6.07, 6.45) is 3.61. The molecule has 142 valence electrons. The number of fused-ring (bicyclic) bond motifs is 1. The molecule has 3 N–H and O–H groups in total. The lowest BCUT2D eigenvalue weighted by Crippen LogP contribution is -2.44. The first-order valence-corrected chi connectivity index (χ1v) is 9.27. The fourth-order valence-electron chi connectivity index (χ4n) is 4.29. The zero-order valence-corrected chi connectivity index (χ0v) is 14.9. The fraction of sp³-hybridized carbons (Fsp3) is 0.381. The van der Waals surface area contributed by atoms with Crippen molar-refractivity contribution >= 4 is 11.6 Å². The van der Waals surface area contributed by atoms with Gasteiger partial charge in [-0.1, -0.05) is 30.3 Å². The maximum absolute atomic E-state index is 14.5. The summed E-state index contributed by atoms with van der Waals surface area (Å²) in [4.78, 5) is 14.8. The Morgan fingerprint density at radius 3 is 2.44 bits per heavy atom. The van der Waals surface area contributed by atoms with Gasteiger partial charge in [0.05, 0.1) is 5.69 Å². The summed E-state index contributed by atoms with van der Waals surface area (Å²) in [5.74, 6) is -2.66. The van der Waals surface area contributed by atoms with E-state index in [-0.39, 0.29) is 23.1 Å². The van der Waals surface area contributed by atoms with Crippen LogP contribution in [0.4, 0.5) is 14.5 Å². The van der Waals surface area contributed by atoms with E-state index in [2.05, 4.69) is 0 Å². The van der Waals surface area contributed by atoms with E-state index in [0.717, 1.165) is 31.7 Å². The number of carbonyl (C=O) groups excluding carboxylic acids is 1. The molecule has 27 heavy (non-hydrogen) atoms. The van der Waals surface area contributed by atoms with E-state index < -0.39 is 23.1 Å². The summed E-state index contributed by atoms with van der Waals surface area (Å²) in [6, 6.07) is 10.5. The molecule has 0 bridgehead atoms. The summed E-state index contributed by atoms with van der Waals surface area (Å²) in [7, 11) is 0. The Kier molecular flexibility index (Phi) is 4.48. The van der Waals surface area contributed by atoms with Crippen LogP contribution >= 0.6 is 0 Å². The highest BCUT2D eigenvalue weighted by atomic mass is 19.2. The van der Waals surface area contributed by atoms with Gasteiger partial charge in [-0.25, -0.2) is 8.78 Å². The first-order chi connectivity index (χ1) is 12.9. The van der Waals surface area contributed by atoms with Crippen LogP contribution in [-0.2, 0) is 10.4 Å². The van der Waals surface area contributed by atoms with E-state index in [1.807, 2.05) is 0 Å². The number of hydrogen-bond donors (Lipinski definition) is 2. The van der Waals surface area contributed by atoms with Crippen molar-refractivity contribution in [1.29, 1.82) is 0 Å². The second-order valence-electron chi connectivity index (χ2n) is 7.53. The SMILES string of the molecule is NC1CCC(CN2C(=O)C(O)(c3cccc(F)c3F)c3ccccc32)CC1. The second kappa shape index (κ2) is 6.69. The van der Waals surface area contributed by atoms with E-state index >= 15 is 0 Å². The fourth-order valence-corrected chi connectivity index (χ4v) is 4.29. The minimum atomic E-state index is -2.23. The molecule has 0 saturated heterocycles. The van der Waals surface area contributed by atoms with Gasteiger partial charge in [0.1, 0.15) is 0 Å². The Morgan fingerprint density at radius 2 is 1.70 bits per heavy atom. The number of benzene rings is 2. The molecule has 2 aromatic carbocycles. The van der Waals surface area contributed by atoms with Gasteiger partial charge in [0.2, 0.25) is 0 Å². The summed E-state index contributed by atoms with van der Waals surface area (Å²) >= 11 is 0. The number of amides is 1. The Morgan fingerprint density at radius 1 is 1.04 bits per heavy atom. The largest absolute Gasteiger partial charge is 0.372 e. The van der Waals surface area contributed by atoms with E-state index in [0.29, 0.717) is 12.2 Å². The third kappa shape index (κ3) is 2.84. The molecule has 1 atom stereocenters. The molecule has 1 amide bonds.